The van der Waals surface area contributed by atoms with Gasteiger partial charge in [-0.05, 0) is 20.8 Å². The Morgan fingerprint density at radius 1 is 1.45 bits per heavy atom. The number of nitrogens with zero attached hydrogens (tertiary/aromatic N) is 1. The van der Waals surface area contributed by atoms with Gasteiger partial charge in [-0.3, -0.25) is 0 Å². The number of aromatic nitrogens is 1. The summed E-state index contributed by atoms with van der Waals surface area (Å²) in [5.41, 5.74) is 1.12. The van der Waals surface area contributed by atoms with Crippen LogP contribution in [0.1, 0.15) is 28.6 Å². The van der Waals surface area contributed by atoms with Crippen molar-refractivity contribution in [3.63, 3.8) is 0 Å². The fourth-order valence-electron chi connectivity index (χ4n) is 0.772. The van der Waals surface area contributed by atoms with Gasteiger partial charge in [0.2, 0.25) is 0 Å². The molecule has 1 aromatic heterocycles. The van der Waals surface area contributed by atoms with Gasteiger partial charge in [-0.1, -0.05) is 0 Å². The number of hydrogen-bond acceptors (Lipinski definition) is 3. The first kappa shape index (κ1) is 8.68. The molecule has 0 saturated carbocycles. The van der Waals surface area contributed by atoms with Gasteiger partial charge in [0.1, 0.15) is 11.1 Å². The summed E-state index contributed by atoms with van der Waals surface area (Å²) in [6, 6.07) is 0. The van der Waals surface area contributed by atoms with Crippen LogP contribution in [0, 0.1) is 13.8 Å². The number of methoxy groups -OCH3 is 1. The maximum Gasteiger partial charge on any atom is 0.122 e. The molecule has 0 radical (unpaired) electrons. The molecule has 1 aromatic rings. The van der Waals surface area contributed by atoms with Crippen molar-refractivity contribution in [3.05, 3.63) is 15.6 Å². The van der Waals surface area contributed by atoms with Crippen LogP contribution in [0.15, 0.2) is 0 Å². The van der Waals surface area contributed by atoms with Crippen molar-refractivity contribution in [2.24, 2.45) is 0 Å². The van der Waals surface area contributed by atoms with Crippen LogP contribution in [0.25, 0.3) is 0 Å². The zero-order valence-electron chi connectivity index (χ0n) is 7.34. The minimum Gasteiger partial charge on any atom is -0.375 e. The summed E-state index contributed by atoms with van der Waals surface area (Å²) in [6.45, 7) is 6.12. The number of ether oxygens (including phenoxy) is 1. The van der Waals surface area contributed by atoms with Crippen LogP contribution >= 0.6 is 11.3 Å². The molecule has 1 atom stereocenters. The molecule has 0 fully saturated rings. The van der Waals surface area contributed by atoms with E-state index in [1.165, 1.54) is 4.88 Å². The summed E-state index contributed by atoms with van der Waals surface area (Å²) in [6.07, 6.45) is 0.132. The Hall–Kier alpha value is -0.410. The Bertz CT molecular complexity index is 225. The monoisotopic (exact) mass is 171 g/mol. The molecule has 3 heteroatoms. The predicted molar refractivity (Wildman–Crippen MR) is 47.0 cm³/mol. The second-order valence-corrected chi connectivity index (χ2v) is 3.81. The summed E-state index contributed by atoms with van der Waals surface area (Å²) in [4.78, 5) is 5.66. The standard InChI is InChI=1S/C8H13NOS/c1-5-7(3)11-8(9-5)6(2)10-4/h6H,1-4H3. The highest BCUT2D eigenvalue weighted by atomic mass is 32.1. The highest BCUT2D eigenvalue weighted by Crippen LogP contribution is 2.23. The highest BCUT2D eigenvalue weighted by Gasteiger charge is 2.09. The van der Waals surface area contributed by atoms with Crippen molar-refractivity contribution in [1.29, 1.82) is 0 Å². The SMILES string of the molecule is COC(C)c1nc(C)c(C)s1. The Kier molecular flexibility index (Phi) is 2.62. The van der Waals surface area contributed by atoms with Gasteiger partial charge in [0, 0.05) is 12.0 Å². The van der Waals surface area contributed by atoms with Gasteiger partial charge in [-0.2, -0.15) is 0 Å². The fraction of sp³-hybridized carbons (Fsp3) is 0.625. The molecule has 0 N–H and O–H groups in total. The zero-order valence-corrected chi connectivity index (χ0v) is 8.16. The summed E-state index contributed by atoms with van der Waals surface area (Å²) in [7, 11) is 1.71. The Morgan fingerprint density at radius 2 is 2.09 bits per heavy atom. The minimum absolute atomic E-state index is 0.132. The van der Waals surface area contributed by atoms with Crippen LogP contribution < -0.4 is 0 Å². The van der Waals surface area contributed by atoms with Crippen molar-refractivity contribution in [2.75, 3.05) is 7.11 Å². The number of thiazole rings is 1. The normalized spacial score (nSPS) is 13.5. The van der Waals surface area contributed by atoms with Gasteiger partial charge in [0.15, 0.2) is 0 Å². The van der Waals surface area contributed by atoms with E-state index in [1.54, 1.807) is 18.4 Å². The summed E-state index contributed by atoms with van der Waals surface area (Å²) < 4.78 is 5.15. The summed E-state index contributed by atoms with van der Waals surface area (Å²) >= 11 is 1.71. The Morgan fingerprint density at radius 3 is 2.45 bits per heavy atom. The first-order chi connectivity index (χ1) is 5.15. The van der Waals surface area contributed by atoms with Gasteiger partial charge in [-0.15, -0.1) is 11.3 Å². The largest absolute Gasteiger partial charge is 0.375 e. The van der Waals surface area contributed by atoms with Crippen molar-refractivity contribution < 1.29 is 4.74 Å². The van der Waals surface area contributed by atoms with E-state index in [9.17, 15) is 0 Å². The second kappa shape index (κ2) is 3.32. The molecule has 0 aromatic carbocycles. The van der Waals surface area contributed by atoms with Gasteiger partial charge >= 0.3 is 0 Å². The van der Waals surface area contributed by atoms with Crippen LogP contribution in [-0.2, 0) is 4.74 Å². The average Bonchev–Trinajstić information content (AvgIpc) is 2.31. The molecule has 0 bridgehead atoms. The van der Waals surface area contributed by atoms with Crippen LogP contribution in [-0.4, -0.2) is 12.1 Å². The molecule has 1 heterocycles. The molecule has 0 spiro atoms. The number of rotatable bonds is 2. The van der Waals surface area contributed by atoms with Gasteiger partial charge < -0.3 is 4.74 Å². The average molecular weight is 171 g/mol. The molecule has 0 aliphatic heterocycles. The summed E-state index contributed by atoms with van der Waals surface area (Å²) in [5.74, 6) is 0. The fourth-order valence-corrected chi connectivity index (χ4v) is 1.72. The third-order valence-corrected chi connectivity index (χ3v) is 2.98. The maximum absolute atomic E-state index is 5.15. The lowest BCUT2D eigenvalue weighted by atomic mass is 10.4. The van der Waals surface area contributed by atoms with Gasteiger partial charge in [0.05, 0.1) is 5.69 Å². The third kappa shape index (κ3) is 1.79. The quantitative estimate of drug-likeness (QED) is 0.682. The molecule has 0 aliphatic carbocycles. The van der Waals surface area contributed by atoms with Crippen LogP contribution in [0.2, 0.25) is 0 Å². The molecule has 62 valence electrons. The van der Waals surface area contributed by atoms with E-state index in [2.05, 4.69) is 11.9 Å². The minimum atomic E-state index is 0.132. The smallest absolute Gasteiger partial charge is 0.122 e. The number of aryl methyl sites for hydroxylation is 2. The predicted octanol–water partition coefficient (Wildman–Crippen LogP) is 2.47. The highest BCUT2D eigenvalue weighted by molar-refractivity contribution is 7.11. The third-order valence-electron chi connectivity index (χ3n) is 1.75. The Labute approximate surface area is 71.2 Å². The molecule has 11 heavy (non-hydrogen) atoms. The van der Waals surface area contributed by atoms with Crippen LogP contribution in [0.4, 0.5) is 0 Å². The van der Waals surface area contributed by atoms with Gasteiger partial charge in [-0.25, -0.2) is 4.98 Å². The van der Waals surface area contributed by atoms with Crippen LogP contribution in [0.3, 0.4) is 0 Å². The molecule has 1 rings (SSSR count). The molecular formula is C8H13NOS. The lowest BCUT2D eigenvalue weighted by Gasteiger charge is -2.02. The van der Waals surface area contributed by atoms with E-state index in [0.29, 0.717) is 0 Å². The van der Waals surface area contributed by atoms with Crippen molar-refractivity contribution in [3.8, 4) is 0 Å². The first-order valence-corrected chi connectivity index (χ1v) is 4.43. The molecule has 0 aliphatic rings. The Balaban J connectivity index is 2.88. The molecule has 2 nitrogen and oxygen atoms in total. The molecule has 0 amide bonds. The topological polar surface area (TPSA) is 22.1 Å². The zero-order chi connectivity index (χ0) is 8.43. The van der Waals surface area contributed by atoms with Crippen molar-refractivity contribution in [1.82, 2.24) is 4.98 Å². The maximum atomic E-state index is 5.15. The molecule has 0 saturated heterocycles. The summed E-state index contributed by atoms with van der Waals surface area (Å²) in [5, 5.41) is 1.07. The second-order valence-electron chi connectivity index (χ2n) is 2.57. The van der Waals surface area contributed by atoms with E-state index in [4.69, 9.17) is 4.74 Å². The number of hydrogen-bond donors (Lipinski definition) is 0. The van der Waals surface area contributed by atoms with Crippen LogP contribution in [0.5, 0.6) is 0 Å². The van der Waals surface area contributed by atoms with E-state index in [-0.39, 0.29) is 6.10 Å². The van der Waals surface area contributed by atoms with Crippen molar-refractivity contribution >= 4 is 11.3 Å². The molecular weight excluding hydrogens is 158 g/mol. The van der Waals surface area contributed by atoms with E-state index < -0.39 is 0 Å². The van der Waals surface area contributed by atoms with E-state index in [1.807, 2.05) is 13.8 Å². The first-order valence-electron chi connectivity index (χ1n) is 3.62. The lowest BCUT2D eigenvalue weighted by Crippen LogP contribution is -1.94. The molecule has 1 unspecified atom stereocenters. The van der Waals surface area contributed by atoms with Crippen molar-refractivity contribution in [2.45, 2.75) is 26.9 Å². The lowest BCUT2D eigenvalue weighted by molar-refractivity contribution is 0.119. The van der Waals surface area contributed by atoms with E-state index in [0.717, 1.165) is 10.7 Å². The van der Waals surface area contributed by atoms with Gasteiger partial charge in [0.25, 0.3) is 0 Å². The van der Waals surface area contributed by atoms with E-state index >= 15 is 0 Å².